The van der Waals surface area contributed by atoms with E-state index in [0.29, 0.717) is 17.8 Å². The van der Waals surface area contributed by atoms with Gasteiger partial charge in [0.15, 0.2) is 0 Å². The molecular formula is C21H24N2O3. The van der Waals surface area contributed by atoms with E-state index in [0.717, 1.165) is 22.1 Å². The molecule has 3 aromatic rings. The van der Waals surface area contributed by atoms with Crippen LogP contribution in [0.2, 0.25) is 0 Å². The molecule has 3 rings (SSSR count). The van der Waals surface area contributed by atoms with Crippen molar-refractivity contribution in [2.24, 2.45) is 0 Å². The summed E-state index contributed by atoms with van der Waals surface area (Å²) in [6.07, 6.45) is 7.49. The number of hydrogen-bond acceptors (Lipinski definition) is 3. The van der Waals surface area contributed by atoms with E-state index in [4.69, 9.17) is 4.74 Å². The van der Waals surface area contributed by atoms with Crippen molar-refractivity contribution in [3.8, 4) is 16.9 Å². The van der Waals surface area contributed by atoms with Gasteiger partial charge in [-0.15, -0.1) is 0 Å². The molecule has 0 bridgehead atoms. The van der Waals surface area contributed by atoms with Crippen molar-refractivity contribution in [1.29, 1.82) is 0 Å². The van der Waals surface area contributed by atoms with E-state index in [1.807, 2.05) is 49.5 Å². The molecule has 0 unspecified atom stereocenters. The molecule has 0 radical (unpaired) electrons. The van der Waals surface area contributed by atoms with Gasteiger partial charge in [0, 0.05) is 35.5 Å². The van der Waals surface area contributed by atoms with E-state index in [9.17, 15) is 9.90 Å². The summed E-state index contributed by atoms with van der Waals surface area (Å²) in [6.45, 7) is 5.91. The fourth-order valence-corrected chi connectivity index (χ4v) is 3.06. The van der Waals surface area contributed by atoms with Gasteiger partial charge in [-0.2, -0.15) is 0 Å². The molecule has 0 spiro atoms. The van der Waals surface area contributed by atoms with Crippen LogP contribution in [0.15, 0.2) is 53.6 Å². The van der Waals surface area contributed by atoms with Crippen LogP contribution in [0.3, 0.4) is 0 Å². The zero-order valence-corrected chi connectivity index (χ0v) is 15.5. The highest BCUT2D eigenvalue weighted by Crippen LogP contribution is 2.36. The number of aliphatic hydroxyl groups is 1. The Balaban J connectivity index is 2.26. The number of nitrogens with one attached hydrogen (secondary N) is 1. The number of ether oxygens (including phenoxy) is 1. The molecule has 5 heteroatoms. The van der Waals surface area contributed by atoms with Crippen LogP contribution >= 0.6 is 0 Å². The summed E-state index contributed by atoms with van der Waals surface area (Å²) < 4.78 is 7.27. The summed E-state index contributed by atoms with van der Waals surface area (Å²) in [6, 6.07) is 7.56. The molecule has 0 aliphatic carbocycles. The van der Waals surface area contributed by atoms with Crippen molar-refractivity contribution in [1.82, 2.24) is 9.55 Å². The first-order valence-electron chi connectivity index (χ1n) is 8.59. The van der Waals surface area contributed by atoms with E-state index in [1.165, 1.54) is 0 Å². The van der Waals surface area contributed by atoms with Crippen LogP contribution in [-0.4, -0.2) is 21.8 Å². The van der Waals surface area contributed by atoms with Crippen LogP contribution in [0.4, 0.5) is 0 Å². The van der Waals surface area contributed by atoms with Crippen molar-refractivity contribution in [2.75, 3.05) is 7.11 Å². The van der Waals surface area contributed by atoms with Gasteiger partial charge in [0.2, 0.25) is 0 Å². The van der Waals surface area contributed by atoms with Gasteiger partial charge in [-0.1, -0.05) is 24.3 Å². The van der Waals surface area contributed by atoms with Crippen LogP contribution < -0.4 is 10.3 Å². The topological polar surface area (TPSA) is 67.2 Å². The van der Waals surface area contributed by atoms with E-state index in [-0.39, 0.29) is 5.56 Å². The normalized spacial score (nSPS) is 12.2. The average molecular weight is 352 g/mol. The molecule has 0 aliphatic heterocycles. The lowest BCUT2D eigenvalue weighted by molar-refractivity contribution is 0.0783. The molecule has 0 amide bonds. The summed E-state index contributed by atoms with van der Waals surface area (Å²) in [5, 5.41) is 11.1. The average Bonchev–Trinajstić information content (AvgIpc) is 3.10. The zero-order chi connectivity index (χ0) is 18.9. The molecule has 136 valence electrons. The maximum absolute atomic E-state index is 12.7. The van der Waals surface area contributed by atoms with E-state index < -0.39 is 5.60 Å². The Kier molecular flexibility index (Phi) is 4.74. The number of H-pyrrole nitrogens is 1. The Bertz CT molecular complexity index is 1020. The third-order valence-corrected chi connectivity index (χ3v) is 4.53. The summed E-state index contributed by atoms with van der Waals surface area (Å²) in [4.78, 5) is 15.7. The smallest absolute Gasteiger partial charge is 0.275 e. The minimum absolute atomic E-state index is 0.0565. The van der Waals surface area contributed by atoms with Gasteiger partial charge in [-0.25, -0.2) is 0 Å². The fraction of sp³-hybridized carbons (Fsp3) is 0.286. The Hall–Kier alpha value is -2.79. The third-order valence-electron chi connectivity index (χ3n) is 4.53. The highest BCUT2D eigenvalue weighted by Gasteiger charge is 2.20. The molecule has 0 saturated heterocycles. The highest BCUT2D eigenvalue weighted by molar-refractivity contribution is 5.95. The van der Waals surface area contributed by atoms with Gasteiger partial charge < -0.3 is 19.4 Å². The first-order valence-corrected chi connectivity index (χ1v) is 8.59. The molecular weight excluding hydrogens is 328 g/mol. The largest absolute Gasteiger partial charge is 0.496 e. The second kappa shape index (κ2) is 6.84. The second-order valence-corrected chi connectivity index (χ2v) is 6.81. The van der Waals surface area contributed by atoms with Crippen molar-refractivity contribution >= 4 is 10.9 Å². The minimum atomic E-state index is -0.958. The molecule has 5 nitrogen and oxygen atoms in total. The number of pyridine rings is 1. The lowest BCUT2D eigenvalue weighted by Gasteiger charge is -2.20. The molecule has 26 heavy (non-hydrogen) atoms. The predicted molar refractivity (Wildman–Crippen MR) is 105 cm³/mol. The number of fused-ring (bicyclic) bond motifs is 1. The minimum Gasteiger partial charge on any atom is -0.496 e. The summed E-state index contributed by atoms with van der Waals surface area (Å²) in [5.74, 6) is 0.656. The first kappa shape index (κ1) is 18.0. The number of aromatic amines is 1. The van der Waals surface area contributed by atoms with Gasteiger partial charge in [-0.05, 0) is 38.5 Å². The SMILES string of the molecule is CC=CCn1cc(-c2ccc(C(C)(C)O)cc2OC)c2cc[nH]c2c1=O. The van der Waals surface area contributed by atoms with Crippen LogP contribution in [-0.2, 0) is 12.1 Å². The molecule has 2 aromatic heterocycles. The molecule has 0 fully saturated rings. The van der Waals surface area contributed by atoms with Crippen molar-refractivity contribution in [3.63, 3.8) is 0 Å². The zero-order valence-electron chi connectivity index (χ0n) is 15.5. The number of methoxy groups -OCH3 is 1. The quantitative estimate of drug-likeness (QED) is 0.686. The Morgan fingerprint density at radius 1 is 1.27 bits per heavy atom. The molecule has 2 heterocycles. The van der Waals surface area contributed by atoms with Crippen LogP contribution in [0.5, 0.6) is 5.75 Å². The summed E-state index contributed by atoms with van der Waals surface area (Å²) >= 11 is 0. The Morgan fingerprint density at radius 2 is 2.04 bits per heavy atom. The molecule has 1 aromatic carbocycles. The molecule has 2 N–H and O–H groups in total. The van der Waals surface area contributed by atoms with Gasteiger partial charge in [0.1, 0.15) is 11.3 Å². The molecule has 0 atom stereocenters. The molecule has 0 saturated carbocycles. The number of rotatable bonds is 5. The van der Waals surface area contributed by atoms with Crippen molar-refractivity contribution in [2.45, 2.75) is 32.9 Å². The maximum atomic E-state index is 12.7. The Labute approximate surface area is 152 Å². The summed E-state index contributed by atoms with van der Waals surface area (Å²) in [7, 11) is 1.61. The third kappa shape index (κ3) is 3.18. The maximum Gasteiger partial charge on any atom is 0.275 e. The van der Waals surface area contributed by atoms with E-state index in [2.05, 4.69) is 4.98 Å². The standard InChI is InChI=1S/C21H24N2O3/c1-5-6-11-23-13-17(16-9-10-22-19(16)20(23)24)15-8-7-14(21(2,3)25)12-18(15)26-4/h5-10,12-13,22,25H,11H2,1-4H3. The monoisotopic (exact) mass is 352 g/mol. The van der Waals surface area contributed by atoms with Crippen LogP contribution in [0.25, 0.3) is 22.0 Å². The van der Waals surface area contributed by atoms with Crippen molar-refractivity contribution in [3.05, 3.63) is 64.7 Å². The first-order chi connectivity index (χ1) is 12.4. The fourth-order valence-electron chi connectivity index (χ4n) is 3.06. The predicted octanol–water partition coefficient (Wildman–Crippen LogP) is 3.81. The highest BCUT2D eigenvalue weighted by atomic mass is 16.5. The number of hydrogen-bond donors (Lipinski definition) is 2. The Morgan fingerprint density at radius 3 is 2.69 bits per heavy atom. The second-order valence-electron chi connectivity index (χ2n) is 6.81. The van der Waals surface area contributed by atoms with Gasteiger partial charge in [0.05, 0.1) is 12.7 Å². The lowest BCUT2D eigenvalue weighted by atomic mass is 9.94. The van der Waals surface area contributed by atoms with Gasteiger partial charge >= 0.3 is 0 Å². The number of aromatic nitrogens is 2. The van der Waals surface area contributed by atoms with E-state index in [1.54, 1.807) is 31.7 Å². The number of benzene rings is 1. The summed E-state index contributed by atoms with van der Waals surface area (Å²) in [5.41, 5.74) is 2.11. The van der Waals surface area contributed by atoms with Crippen LogP contribution in [0, 0.1) is 0 Å². The van der Waals surface area contributed by atoms with Crippen LogP contribution in [0.1, 0.15) is 26.3 Å². The van der Waals surface area contributed by atoms with Gasteiger partial charge in [0.25, 0.3) is 5.56 Å². The molecule has 0 aliphatic rings. The lowest BCUT2D eigenvalue weighted by Crippen LogP contribution is -2.19. The van der Waals surface area contributed by atoms with E-state index >= 15 is 0 Å². The van der Waals surface area contributed by atoms with Gasteiger partial charge in [-0.3, -0.25) is 4.79 Å². The number of allylic oxidation sites excluding steroid dienone is 2. The number of nitrogens with zero attached hydrogens (tertiary/aromatic N) is 1. The van der Waals surface area contributed by atoms with Crippen molar-refractivity contribution < 1.29 is 9.84 Å².